The Bertz CT molecular complexity index is 2930. The van der Waals surface area contributed by atoms with Crippen LogP contribution < -0.4 is 0 Å². The molecule has 0 bridgehead atoms. The Morgan fingerprint density at radius 1 is 0.286 bits per heavy atom. The highest BCUT2D eigenvalue weighted by atomic mass is 15.0. The van der Waals surface area contributed by atoms with Crippen LogP contribution in [0.4, 0.5) is 0 Å². The zero-order valence-electron chi connectivity index (χ0n) is 32.4. The van der Waals surface area contributed by atoms with Crippen molar-refractivity contribution in [2.75, 3.05) is 0 Å². The number of aromatic nitrogens is 2. The molecule has 10 aromatic rings. The molecule has 2 heterocycles. The summed E-state index contributed by atoms with van der Waals surface area (Å²) in [7, 11) is 0. The summed E-state index contributed by atoms with van der Waals surface area (Å²) < 4.78 is 4.93. The number of hydrogen-bond donors (Lipinski definition) is 0. The Hall–Kier alpha value is -6.64. The van der Waals surface area contributed by atoms with Gasteiger partial charge in [-0.2, -0.15) is 0 Å². The van der Waals surface area contributed by atoms with Crippen LogP contribution in [-0.4, -0.2) is 9.13 Å². The number of rotatable bonds is 7. The van der Waals surface area contributed by atoms with E-state index in [1.165, 1.54) is 82.7 Å². The van der Waals surface area contributed by atoms with Crippen molar-refractivity contribution in [2.45, 2.75) is 38.5 Å². The van der Waals surface area contributed by atoms with E-state index >= 15 is 0 Å². The molecule has 270 valence electrons. The standard InChI is InChI=1S/C54H44N2/c1-53(2,39-20-10-6-11-21-39)41-33-42(54(3,4)40-22-12-7-13-23-40)35-44(34-41)56-51-30-28-38(37-18-8-5-9-19-37)32-47(51)48-36-43(29-31-52(48)56)55-49-26-16-14-24-45(49)46-25-15-17-27-50(46)55/h5-36H,1-4H3. The van der Waals surface area contributed by atoms with Gasteiger partial charge in [0.25, 0.3) is 0 Å². The average Bonchev–Trinajstić information content (AvgIpc) is 3.76. The minimum absolute atomic E-state index is 0.234. The minimum Gasteiger partial charge on any atom is -0.309 e. The predicted molar refractivity (Wildman–Crippen MR) is 238 cm³/mol. The highest BCUT2D eigenvalue weighted by molar-refractivity contribution is 6.13. The molecule has 0 saturated carbocycles. The molecule has 0 saturated heterocycles. The van der Waals surface area contributed by atoms with Crippen molar-refractivity contribution in [1.29, 1.82) is 0 Å². The summed E-state index contributed by atoms with van der Waals surface area (Å²) in [6.45, 7) is 9.43. The van der Waals surface area contributed by atoms with E-state index in [0.717, 1.165) is 5.69 Å². The van der Waals surface area contributed by atoms with Crippen LogP contribution in [0.5, 0.6) is 0 Å². The molecule has 0 aliphatic rings. The number of fused-ring (bicyclic) bond motifs is 6. The minimum atomic E-state index is -0.234. The predicted octanol–water partition coefficient (Wildman–Crippen LogP) is 14.2. The highest BCUT2D eigenvalue weighted by Gasteiger charge is 2.30. The third-order valence-electron chi connectivity index (χ3n) is 12.3. The second kappa shape index (κ2) is 13.0. The number of nitrogens with zero attached hydrogens (tertiary/aromatic N) is 2. The smallest absolute Gasteiger partial charge is 0.0542 e. The molecule has 0 unspecified atom stereocenters. The Morgan fingerprint density at radius 3 is 1.27 bits per heavy atom. The maximum atomic E-state index is 2.50. The van der Waals surface area contributed by atoms with Gasteiger partial charge in [-0.25, -0.2) is 0 Å². The fourth-order valence-electron chi connectivity index (χ4n) is 8.94. The lowest BCUT2D eigenvalue weighted by Gasteiger charge is -2.32. The van der Waals surface area contributed by atoms with E-state index in [2.05, 4.69) is 231 Å². The second-order valence-corrected chi connectivity index (χ2v) is 16.3. The van der Waals surface area contributed by atoms with E-state index in [4.69, 9.17) is 0 Å². The number of hydrogen-bond acceptors (Lipinski definition) is 0. The lowest BCUT2D eigenvalue weighted by atomic mass is 9.73. The molecule has 0 fully saturated rings. The maximum Gasteiger partial charge on any atom is 0.0542 e. The van der Waals surface area contributed by atoms with Crippen molar-refractivity contribution in [3.8, 4) is 22.5 Å². The summed E-state index contributed by atoms with van der Waals surface area (Å²) in [5, 5.41) is 5.00. The molecule has 0 N–H and O–H groups in total. The van der Waals surface area contributed by atoms with E-state index in [1.54, 1.807) is 0 Å². The summed E-state index contributed by atoms with van der Waals surface area (Å²) in [5.41, 5.74) is 14.3. The van der Waals surface area contributed by atoms with Crippen molar-refractivity contribution < 1.29 is 0 Å². The molecule has 0 aliphatic heterocycles. The fourth-order valence-corrected chi connectivity index (χ4v) is 8.94. The molecule has 0 aliphatic carbocycles. The average molecular weight is 721 g/mol. The zero-order valence-corrected chi connectivity index (χ0v) is 32.4. The van der Waals surface area contributed by atoms with Gasteiger partial charge in [0.2, 0.25) is 0 Å². The molecule has 2 heteroatoms. The Kier molecular flexibility index (Phi) is 7.87. The monoisotopic (exact) mass is 720 g/mol. The second-order valence-electron chi connectivity index (χ2n) is 16.3. The van der Waals surface area contributed by atoms with E-state index in [9.17, 15) is 0 Å². The third kappa shape index (κ3) is 5.39. The fraction of sp³-hybridized carbons (Fsp3) is 0.111. The van der Waals surface area contributed by atoms with Crippen LogP contribution in [0.3, 0.4) is 0 Å². The van der Waals surface area contributed by atoms with Crippen LogP contribution in [0.1, 0.15) is 49.9 Å². The molecule has 2 aromatic heterocycles. The van der Waals surface area contributed by atoms with Crippen LogP contribution in [0.15, 0.2) is 194 Å². The van der Waals surface area contributed by atoms with Gasteiger partial charge in [0.15, 0.2) is 0 Å². The molecule has 56 heavy (non-hydrogen) atoms. The summed E-state index contributed by atoms with van der Waals surface area (Å²) >= 11 is 0. The van der Waals surface area contributed by atoms with Gasteiger partial charge in [0.1, 0.15) is 0 Å². The summed E-state index contributed by atoms with van der Waals surface area (Å²) in [4.78, 5) is 0. The number of para-hydroxylation sites is 2. The van der Waals surface area contributed by atoms with Gasteiger partial charge in [-0.3, -0.25) is 0 Å². The molecule has 0 amide bonds. The Morgan fingerprint density at radius 2 is 0.714 bits per heavy atom. The molecule has 8 aromatic carbocycles. The van der Waals surface area contributed by atoms with Gasteiger partial charge in [-0.15, -0.1) is 0 Å². The summed E-state index contributed by atoms with van der Waals surface area (Å²) in [6.07, 6.45) is 0. The van der Waals surface area contributed by atoms with Gasteiger partial charge in [-0.1, -0.05) is 167 Å². The quantitative estimate of drug-likeness (QED) is 0.155. The van der Waals surface area contributed by atoms with Gasteiger partial charge in [-0.05, 0) is 88.0 Å². The number of benzene rings is 8. The topological polar surface area (TPSA) is 9.86 Å². The van der Waals surface area contributed by atoms with E-state index in [-0.39, 0.29) is 10.8 Å². The van der Waals surface area contributed by atoms with Crippen LogP contribution >= 0.6 is 0 Å². The maximum absolute atomic E-state index is 2.50. The highest BCUT2D eigenvalue weighted by Crippen LogP contribution is 2.42. The molecule has 0 radical (unpaired) electrons. The van der Waals surface area contributed by atoms with Crippen LogP contribution in [0.25, 0.3) is 66.1 Å². The Balaban J connectivity index is 1.27. The molecule has 10 rings (SSSR count). The first-order valence-corrected chi connectivity index (χ1v) is 19.7. The molecule has 2 nitrogen and oxygen atoms in total. The van der Waals surface area contributed by atoms with E-state index in [1.807, 2.05) is 0 Å². The molecular weight excluding hydrogens is 677 g/mol. The van der Waals surface area contributed by atoms with Crippen molar-refractivity contribution in [3.63, 3.8) is 0 Å². The van der Waals surface area contributed by atoms with Crippen LogP contribution in [-0.2, 0) is 10.8 Å². The van der Waals surface area contributed by atoms with Crippen LogP contribution in [0.2, 0.25) is 0 Å². The first kappa shape index (κ1) is 33.9. The van der Waals surface area contributed by atoms with E-state index in [0.29, 0.717) is 0 Å². The van der Waals surface area contributed by atoms with Crippen molar-refractivity contribution in [2.24, 2.45) is 0 Å². The van der Waals surface area contributed by atoms with Crippen molar-refractivity contribution >= 4 is 43.6 Å². The van der Waals surface area contributed by atoms with Crippen molar-refractivity contribution in [3.05, 3.63) is 216 Å². The lowest BCUT2D eigenvalue weighted by Crippen LogP contribution is -2.23. The normalized spacial score (nSPS) is 12.3. The molecule has 0 atom stereocenters. The first-order valence-electron chi connectivity index (χ1n) is 19.7. The molecule has 0 spiro atoms. The van der Waals surface area contributed by atoms with Gasteiger partial charge in [0.05, 0.1) is 22.1 Å². The first-order chi connectivity index (χ1) is 27.3. The largest absolute Gasteiger partial charge is 0.309 e. The molecular formula is C54H44N2. The van der Waals surface area contributed by atoms with Crippen molar-refractivity contribution in [1.82, 2.24) is 9.13 Å². The zero-order chi connectivity index (χ0) is 38.0. The lowest BCUT2D eigenvalue weighted by molar-refractivity contribution is 0.616. The summed E-state index contributed by atoms with van der Waals surface area (Å²) in [6, 6.07) is 71.5. The Labute approximate surface area is 328 Å². The third-order valence-corrected chi connectivity index (χ3v) is 12.3. The summed E-state index contributed by atoms with van der Waals surface area (Å²) in [5.74, 6) is 0. The van der Waals surface area contributed by atoms with Gasteiger partial charge in [0, 0.05) is 43.7 Å². The SMILES string of the molecule is CC(C)(c1ccccc1)c1cc(-n2c3ccc(-c4ccccc4)cc3c3cc(-n4c5ccccc5c5ccccc54)ccc32)cc(C(C)(C)c2ccccc2)c1. The van der Waals surface area contributed by atoms with Gasteiger partial charge < -0.3 is 9.13 Å². The van der Waals surface area contributed by atoms with Crippen LogP contribution in [0, 0.1) is 0 Å². The van der Waals surface area contributed by atoms with E-state index < -0.39 is 0 Å². The van der Waals surface area contributed by atoms with Gasteiger partial charge >= 0.3 is 0 Å².